The number of carbonyl (C=O) groups excluding carboxylic acids is 1. The van der Waals surface area contributed by atoms with Gasteiger partial charge in [-0.1, -0.05) is 35.3 Å². The van der Waals surface area contributed by atoms with Crippen molar-refractivity contribution in [3.8, 4) is 0 Å². The molecule has 1 aliphatic rings. The molecule has 1 heterocycles. The van der Waals surface area contributed by atoms with Gasteiger partial charge < -0.3 is 26.4 Å². The van der Waals surface area contributed by atoms with E-state index in [0.29, 0.717) is 38.2 Å². The molecule has 0 radical (unpaired) electrons. The van der Waals surface area contributed by atoms with Crippen LogP contribution in [0, 0.1) is 0 Å². The highest BCUT2D eigenvalue weighted by molar-refractivity contribution is 6.36. The molecule has 3 aromatic carbocycles. The van der Waals surface area contributed by atoms with E-state index in [1.807, 2.05) is 19.0 Å². The molecular weight excluding hydrogens is 451 g/mol. The summed E-state index contributed by atoms with van der Waals surface area (Å²) in [5.41, 5.74) is 8.07. The van der Waals surface area contributed by atoms with Crippen LogP contribution in [-0.4, -0.2) is 31.1 Å². The van der Waals surface area contributed by atoms with E-state index in [1.165, 1.54) is 6.07 Å². The van der Waals surface area contributed by atoms with Gasteiger partial charge in [-0.25, -0.2) is 4.79 Å². The largest absolute Gasteiger partial charge is 0.478 e. The minimum Gasteiger partial charge on any atom is -0.478 e. The molecule has 0 bridgehead atoms. The predicted molar refractivity (Wildman–Crippen MR) is 127 cm³/mol. The number of anilines is 3. The number of nitrogens with one attached hydrogen (secondary N) is 2. The summed E-state index contributed by atoms with van der Waals surface area (Å²) in [6, 6.07) is 15.1. The SMILES string of the molecule is CN(C)c1cc(C(N)=O)ccc1C1(c2c(Cl)cccc2Cl)Nc2ccc(C(=O)O)cc2N1. The van der Waals surface area contributed by atoms with Crippen LogP contribution in [0.25, 0.3) is 0 Å². The summed E-state index contributed by atoms with van der Waals surface area (Å²) < 4.78 is 0. The van der Waals surface area contributed by atoms with Crippen LogP contribution in [0.3, 0.4) is 0 Å². The van der Waals surface area contributed by atoms with E-state index in [9.17, 15) is 14.7 Å². The summed E-state index contributed by atoms with van der Waals surface area (Å²) in [5, 5.41) is 17.1. The highest BCUT2D eigenvalue weighted by atomic mass is 35.5. The van der Waals surface area contributed by atoms with E-state index >= 15 is 0 Å². The molecule has 0 aromatic heterocycles. The molecule has 0 fully saturated rings. The van der Waals surface area contributed by atoms with Gasteiger partial charge in [0.2, 0.25) is 5.91 Å². The van der Waals surface area contributed by atoms with Crippen LogP contribution >= 0.6 is 23.2 Å². The van der Waals surface area contributed by atoms with E-state index in [1.54, 1.807) is 48.5 Å². The van der Waals surface area contributed by atoms with Crippen molar-refractivity contribution in [3.05, 3.63) is 86.9 Å². The molecule has 7 nitrogen and oxygen atoms in total. The van der Waals surface area contributed by atoms with Gasteiger partial charge in [0.1, 0.15) is 0 Å². The fourth-order valence-electron chi connectivity index (χ4n) is 3.95. The molecule has 0 aliphatic carbocycles. The number of halogens is 2. The van der Waals surface area contributed by atoms with Crippen LogP contribution in [0.15, 0.2) is 54.6 Å². The van der Waals surface area contributed by atoms with Gasteiger partial charge in [-0.05, 0) is 42.5 Å². The Kier molecular flexibility index (Phi) is 5.40. The van der Waals surface area contributed by atoms with Crippen molar-refractivity contribution in [3.63, 3.8) is 0 Å². The van der Waals surface area contributed by atoms with Gasteiger partial charge in [0.15, 0.2) is 5.66 Å². The summed E-state index contributed by atoms with van der Waals surface area (Å²) in [6.07, 6.45) is 0. The summed E-state index contributed by atoms with van der Waals surface area (Å²) in [7, 11) is 3.69. The number of rotatable bonds is 5. The van der Waals surface area contributed by atoms with Crippen LogP contribution in [0.1, 0.15) is 31.8 Å². The van der Waals surface area contributed by atoms with Crippen molar-refractivity contribution in [2.24, 2.45) is 5.73 Å². The number of benzene rings is 3. The van der Waals surface area contributed by atoms with Gasteiger partial charge in [0.05, 0.1) is 16.9 Å². The Morgan fingerprint density at radius 3 is 2.16 bits per heavy atom. The van der Waals surface area contributed by atoms with Crippen molar-refractivity contribution in [2.45, 2.75) is 5.66 Å². The molecule has 32 heavy (non-hydrogen) atoms. The van der Waals surface area contributed by atoms with Gasteiger partial charge in [0.25, 0.3) is 0 Å². The lowest BCUT2D eigenvalue weighted by atomic mass is 9.88. The second-order valence-corrected chi connectivity index (χ2v) is 8.47. The number of amides is 1. The zero-order valence-corrected chi connectivity index (χ0v) is 18.8. The highest BCUT2D eigenvalue weighted by Gasteiger charge is 2.44. The minimum atomic E-state index is -1.15. The number of carbonyl (C=O) groups is 2. The van der Waals surface area contributed by atoms with Gasteiger partial charge in [-0.3, -0.25) is 4.79 Å². The van der Waals surface area contributed by atoms with Crippen molar-refractivity contribution < 1.29 is 14.7 Å². The standard InChI is InChI=1S/C23H20Cl2N4O3/c1-29(2)19-11-12(21(26)30)6-8-14(19)23(20-15(24)4-3-5-16(20)25)27-17-9-7-13(22(31)32)10-18(17)28-23/h3-11,27-28H,1-2H3,(H2,26,30)(H,31,32). The van der Waals surface area contributed by atoms with Crippen LogP contribution in [0.5, 0.6) is 0 Å². The Morgan fingerprint density at radius 1 is 0.938 bits per heavy atom. The topological polar surface area (TPSA) is 108 Å². The molecule has 4 rings (SSSR count). The number of nitrogens with zero attached hydrogens (tertiary/aromatic N) is 1. The molecular formula is C23H20Cl2N4O3. The number of hydrogen-bond acceptors (Lipinski definition) is 5. The average Bonchev–Trinajstić information content (AvgIpc) is 3.12. The molecule has 0 spiro atoms. The lowest BCUT2D eigenvalue weighted by Crippen LogP contribution is -2.42. The number of carboxylic acid groups (broad SMARTS) is 1. The summed E-state index contributed by atoms with van der Waals surface area (Å²) >= 11 is 13.3. The van der Waals surface area contributed by atoms with Crippen LogP contribution < -0.4 is 21.3 Å². The Hall–Kier alpha value is -3.42. The van der Waals surface area contributed by atoms with Gasteiger partial charge >= 0.3 is 5.97 Å². The smallest absolute Gasteiger partial charge is 0.335 e. The quantitative estimate of drug-likeness (QED) is 0.434. The first-order valence-electron chi connectivity index (χ1n) is 9.64. The monoisotopic (exact) mass is 470 g/mol. The number of aromatic carboxylic acids is 1. The van der Waals surface area contributed by atoms with Crippen LogP contribution in [-0.2, 0) is 5.66 Å². The third kappa shape index (κ3) is 3.49. The Balaban J connectivity index is 2.02. The fraction of sp³-hybridized carbons (Fsp3) is 0.130. The molecule has 5 N–H and O–H groups in total. The molecule has 9 heteroatoms. The Bertz CT molecular complexity index is 1240. The fourth-order valence-corrected chi connectivity index (χ4v) is 4.63. The zero-order valence-electron chi connectivity index (χ0n) is 17.2. The van der Waals surface area contributed by atoms with Crippen LogP contribution in [0.4, 0.5) is 17.1 Å². The van der Waals surface area contributed by atoms with E-state index in [4.69, 9.17) is 28.9 Å². The maximum Gasteiger partial charge on any atom is 0.335 e. The summed E-state index contributed by atoms with van der Waals surface area (Å²) in [4.78, 5) is 25.2. The first kappa shape index (κ1) is 21.8. The number of nitrogens with two attached hydrogens (primary N) is 1. The lowest BCUT2D eigenvalue weighted by Gasteiger charge is -2.36. The number of hydrogen-bond donors (Lipinski definition) is 4. The molecule has 1 atom stereocenters. The number of fused-ring (bicyclic) bond motifs is 1. The normalized spacial score (nSPS) is 16.6. The van der Waals surface area contributed by atoms with Gasteiger partial charge in [0, 0.05) is 46.5 Å². The number of primary amides is 1. The lowest BCUT2D eigenvalue weighted by molar-refractivity contribution is 0.0696. The van der Waals surface area contributed by atoms with E-state index in [2.05, 4.69) is 10.6 Å². The van der Waals surface area contributed by atoms with E-state index in [-0.39, 0.29) is 5.56 Å². The molecule has 164 valence electrons. The molecule has 0 saturated heterocycles. The molecule has 1 amide bonds. The zero-order chi connectivity index (χ0) is 23.2. The maximum absolute atomic E-state index is 11.8. The van der Waals surface area contributed by atoms with Gasteiger partial charge in [-0.15, -0.1) is 0 Å². The van der Waals surface area contributed by atoms with Crippen molar-refractivity contribution >= 4 is 52.1 Å². The first-order valence-corrected chi connectivity index (χ1v) is 10.4. The van der Waals surface area contributed by atoms with E-state index in [0.717, 1.165) is 5.56 Å². The van der Waals surface area contributed by atoms with Crippen molar-refractivity contribution in [2.75, 3.05) is 29.6 Å². The first-order chi connectivity index (χ1) is 15.1. The molecule has 1 unspecified atom stereocenters. The van der Waals surface area contributed by atoms with E-state index < -0.39 is 17.5 Å². The van der Waals surface area contributed by atoms with Crippen molar-refractivity contribution in [1.82, 2.24) is 0 Å². The summed E-state index contributed by atoms with van der Waals surface area (Å²) in [5.74, 6) is -1.59. The van der Waals surface area contributed by atoms with Crippen molar-refractivity contribution in [1.29, 1.82) is 0 Å². The van der Waals surface area contributed by atoms with Crippen LogP contribution in [0.2, 0.25) is 10.0 Å². The molecule has 1 aliphatic heterocycles. The predicted octanol–water partition coefficient (Wildman–Crippen LogP) is 4.60. The Morgan fingerprint density at radius 2 is 1.56 bits per heavy atom. The number of carboxylic acids is 1. The second-order valence-electron chi connectivity index (χ2n) is 7.65. The average molecular weight is 471 g/mol. The third-order valence-corrected chi connectivity index (χ3v) is 6.05. The Labute approximate surface area is 194 Å². The summed E-state index contributed by atoms with van der Waals surface area (Å²) in [6.45, 7) is 0. The third-order valence-electron chi connectivity index (χ3n) is 5.42. The molecule has 3 aromatic rings. The van der Waals surface area contributed by atoms with Gasteiger partial charge in [-0.2, -0.15) is 0 Å². The minimum absolute atomic E-state index is 0.135. The second kappa shape index (κ2) is 7.93. The molecule has 0 saturated carbocycles. The highest BCUT2D eigenvalue weighted by Crippen LogP contribution is 2.50. The maximum atomic E-state index is 11.8.